The maximum absolute atomic E-state index is 10.7. The summed E-state index contributed by atoms with van der Waals surface area (Å²) in [5.74, 6) is 1.18. The average Bonchev–Trinajstić information content (AvgIpc) is 3.62. The zero-order valence-electron chi connectivity index (χ0n) is 23.3. The molecule has 0 saturated carbocycles. The SMILES string of the molecule is Cn1cncc1C1CCN(c2ccc(N)cc2)CC1.Cn1cncc1C1CCN(c2ccc([N+](=O)[O-])cc2)CC1. The molecule has 6 rings (SSSR count). The standard InChI is InChI=1S/C15H18N4O2.C15H20N4/c1-17-11-16-10-15(17)12-6-8-18(9-7-12)13-2-4-14(5-3-13)19(20)21;1-18-11-17-10-15(18)12-6-8-19(9-7-12)14-4-2-13(16)3-5-14/h2-5,10-12H,6-9H2,1H3;2-5,10-12H,6-9,16H2,1H3. The molecule has 0 bridgehead atoms. The number of non-ortho nitro benzene ring substituents is 1. The van der Waals surface area contributed by atoms with Gasteiger partial charge in [0.1, 0.15) is 0 Å². The Morgan fingerprint density at radius 2 is 1.12 bits per heavy atom. The van der Waals surface area contributed by atoms with Crippen molar-refractivity contribution in [3.63, 3.8) is 0 Å². The summed E-state index contributed by atoms with van der Waals surface area (Å²) in [4.78, 5) is 23.4. The highest BCUT2D eigenvalue weighted by molar-refractivity contribution is 5.53. The van der Waals surface area contributed by atoms with Gasteiger partial charge in [-0.2, -0.15) is 0 Å². The molecule has 4 aromatic rings. The van der Waals surface area contributed by atoms with Crippen molar-refractivity contribution in [2.45, 2.75) is 37.5 Å². The number of rotatable bonds is 5. The fourth-order valence-corrected chi connectivity index (χ4v) is 5.86. The Bertz CT molecular complexity index is 1380. The van der Waals surface area contributed by atoms with Crippen LogP contribution in [0.15, 0.2) is 73.6 Å². The fraction of sp³-hybridized carbons (Fsp3) is 0.400. The summed E-state index contributed by atoms with van der Waals surface area (Å²) >= 11 is 0. The smallest absolute Gasteiger partial charge is 0.269 e. The number of imidazole rings is 2. The van der Waals surface area contributed by atoms with Crippen molar-refractivity contribution in [2.75, 3.05) is 41.7 Å². The van der Waals surface area contributed by atoms with Crippen LogP contribution in [0.2, 0.25) is 0 Å². The van der Waals surface area contributed by atoms with E-state index in [-0.39, 0.29) is 10.6 Å². The average molecular weight is 543 g/mol. The van der Waals surface area contributed by atoms with Crippen molar-refractivity contribution < 1.29 is 4.92 Å². The first-order valence-corrected chi connectivity index (χ1v) is 13.9. The van der Waals surface area contributed by atoms with Gasteiger partial charge < -0.3 is 24.7 Å². The van der Waals surface area contributed by atoms with Crippen LogP contribution in [-0.2, 0) is 14.1 Å². The largest absolute Gasteiger partial charge is 0.399 e. The number of nitro benzene ring substituents is 1. The number of nitrogens with two attached hydrogens (primary N) is 1. The summed E-state index contributed by atoms with van der Waals surface area (Å²) in [5, 5.41) is 10.7. The summed E-state index contributed by atoms with van der Waals surface area (Å²) in [5.41, 5.74) is 11.7. The van der Waals surface area contributed by atoms with Gasteiger partial charge in [0.05, 0.1) is 17.6 Å². The van der Waals surface area contributed by atoms with E-state index in [0.717, 1.165) is 50.4 Å². The molecule has 2 aliphatic heterocycles. The molecule has 0 radical (unpaired) electrons. The number of aromatic nitrogens is 4. The molecular formula is C30H38N8O2. The predicted octanol–water partition coefficient (Wildman–Crippen LogP) is 5.10. The van der Waals surface area contributed by atoms with Crippen LogP contribution in [0.25, 0.3) is 0 Å². The van der Waals surface area contributed by atoms with Crippen molar-refractivity contribution >= 4 is 22.7 Å². The van der Waals surface area contributed by atoms with Crippen molar-refractivity contribution in [2.24, 2.45) is 14.1 Å². The molecule has 4 heterocycles. The zero-order valence-corrected chi connectivity index (χ0v) is 23.3. The van der Waals surface area contributed by atoms with Crippen molar-refractivity contribution in [3.8, 4) is 0 Å². The van der Waals surface area contributed by atoms with Crippen molar-refractivity contribution in [1.29, 1.82) is 0 Å². The summed E-state index contributed by atoms with van der Waals surface area (Å²) < 4.78 is 4.23. The predicted molar refractivity (Wildman–Crippen MR) is 159 cm³/mol. The summed E-state index contributed by atoms with van der Waals surface area (Å²) in [6.45, 7) is 4.13. The molecule has 40 heavy (non-hydrogen) atoms. The van der Waals surface area contributed by atoms with E-state index in [2.05, 4.69) is 48.1 Å². The number of hydrogen-bond donors (Lipinski definition) is 1. The Kier molecular flexibility index (Phi) is 8.33. The molecule has 2 N–H and O–H groups in total. The molecule has 2 aromatic heterocycles. The maximum atomic E-state index is 10.7. The normalized spacial score (nSPS) is 16.4. The summed E-state index contributed by atoms with van der Waals surface area (Å²) in [6, 6.07) is 15.0. The lowest BCUT2D eigenvalue weighted by Gasteiger charge is -2.33. The maximum Gasteiger partial charge on any atom is 0.269 e. The number of anilines is 3. The molecule has 0 atom stereocenters. The third-order valence-electron chi connectivity index (χ3n) is 8.22. The molecule has 2 fully saturated rings. The minimum atomic E-state index is -0.363. The minimum Gasteiger partial charge on any atom is -0.399 e. The lowest BCUT2D eigenvalue weighted by Crippen LogP contribution is -2.33. The molecule has 2 aromatic carbocycles. The highest BCUT2D eigenvalue weighted by Gasteiger charge is 2.24. The Labute approximate surface area is 235 Å². The van der Waals surface area contributed by atoms with Crippen LogP contribution >= 0.6 is 0 Å². The molecule has 10 heteroatoms. The van der Waals surface area contributed by atoms with Crippen LogP contribution in [0.1, 0.15) is 48.9 Å². The van der Waals surface area contributed by atoms with E-state index >= 15 is 0 Å². The molecule has 2 aliphatic rings. The molecule has 0 aliphatic carbocycles. The van der Waals surface area contributed by atoms with Crippen molar-refractivity contribution in [3.05, 3.63) is 95.1 Å². The third kappa shape index (κ3) is 6.27. The van der Waals surface area contributed by atoms with E-state index in [4.69, 9.17) is 5.73 Å². The first-order chi connectivity index (χ1) is 19.4. The summed E-state index contributed by atoms with van der Waals surface area (Å²) in [6.07, 6.45) is 12.2. The van der Waals surface area contributed by atoms with Gasteiger partial charge in [-0.25, -0.2) is 9.97 Å². The van der Waals surface area contributed by atoms with Gasteiger partial charge in [0.25, 0.3) is 5.69 Å². The van der Waals surface area contributed by atoms with E-state index in [0.29, 0.717) is 11.8 Å². The van der Waals surface area contributed by atoms with E-state index in [9.17, 15) is 10.1 Å². The van der Waals surface area contributed by atoms with Gasteiger partial charge in [-0.05, 0) is 62.1 Å². The van der Waals surface area contributed by atoms with E-state index < -0.39 is 0 Å². The second-order valence-electron chi connectivity index (χ2n) is 10.7. The highest BCUT2D eigenvalue weighted by Crippen LogP contribution is 2.31. The number of piperidine rings is 2. The number of nitrogens with zero attached hydrogens (tertiary/aromatic N) is 7. The second-order valence-corrected chi connectivity index (χ2v) is 10.7. The molecule has 2 saturated heterocycles. The van der Waals surface area contributed by atoms with Gasteiger partial charge in [-0.1, -0.05) is 0 Å². The fourth-order valence-electron chi connectivity index (χ4n) is 5.86. The van der Waals surface area contributed by atoms with E-state index in [1.807, 2.05) is 56.4 Å². The van der Waals surface area contributed by atoms with Gasteiger partial charge in [-0.15, -0.1) is 0 Å². The van der Waals surface area contributed by atoms with Crippen LogP contribution < -0.4 is 15.5 Å². The molecule has 0 spiro atoms. The van der Waals surface area contributed by atoms with E-state index in [1.54, 1.807) is 12.1 Å². The van der Waals surface area contributed by atoms with E-state index in [1.165, 1.54) is 29.9 Å². The number of benzene rings is 2. The topological polar surface area (TPSA) is 111 Å². The number of aryl methyl sites for hydroxylation is 2. The third-order valence-corrected chi connectivity index (χ3v) is 8.22. The van der Waals surface area contributed by atoms with Gasteiger partial charge >= 0.3 is 0 Å². The number of hydrogen-bond acceptors (Lipinski definition) is 7. The Morgan fingerprint density at radius 3 is 1.48 bits per heavy atom. The van der Waals surface area contributed by atoms with Gasteiger partial charge in [-0.3, -0.25) is 10.1 Å². The zero-order chi connectivity index (χ0) is 28.1. The lowest BCUT2D eigenvalue weighted by atomic mass is 9.93. The lowest BCUT2D eigenvalue weighted by molar-refractivity contribution is -0.384. The molecule has 210 valence electrons. The molecule has 0 amide bonds. The summed E-state index contributed by atoms with van der Waals surface area (Å²) in [7, 11) is 4.11. The highest BCUT2D eigenvalue weighted by atomic mass is 16.6. The van der Waals surface area contributed by atoms with Gasteiger partial charge in [0.15, 0.2) is 0 Å². The second kappa shape index (κ2) is 12.2. The first-order valence-electron chi connectivity index (χ1n) is 13.9. The van der Waals surface area contributed by atoms with Crippen molar-refractivity contribution in [1.82, 2.24) is 19.1 Å². The van der Waals surface area contributed by atoms with Crippen LogP contribution in [0.3, 0.4) is 0 Å². The van der Waals surface area contributed by atoms with Gasteiger partial charge in [0, 0.05) is 105 Å². The van der Waals surface area contributed by atoms with Gasteiger partial charge in [0.2, 0.25) is 0 Å². The molecule has 10 nitrogen and oxygen atoms in total. The first kappa shape index (κ1) is 27.2. The quantitative estimate of drug-likeness (QED) is 0.212. The Morgan fingerprint density at radius 1 is 0.725 bits per heavy atom. The van der Waals surface area contributed by atoms with Crippen LogP contribution in [0, 0.1) is 10.1 Å². The van der Waals surface area contributed by atoms with Crippen LogP contribution in [0.5, 0.6) is 0 Å². The Balaban J connectivity index is 0.000000162. The molecular weight excluding hydrogens is 504 g/mol. The minimum absolute atomic E-state index is 0.142. The monoisotopic (exact) mass is 542 g/mol. The van der Waals surface area contributed by atoms with Crippen LogP contribution in [0.4, 0.5) is 22.7 Å². The Hall–Kier alpha value is -4.34. The number of nitro groups is 1. The number of nitrogen functional groups attached to an aromatic ring is 1. The van der Waals surface area contributed by atoms with Crippen LogP contribution in [-0.4, -0.2) is 50.2 Å². The molecule has 0 unspecified atom stereocenters.